The summed E-state index contributed by atoms with van der Waals surface area (Å²) in [7, 11) is 0. The fourth-order valence-corrected chi connectivity index (χ4v) is 3.67. The molecule has 4 unspecified atom stereocenters. The second-order valence-electron chi connectivity index (χ2n) is 6.47. The Labute approximate surface area is 124 Å². The minimum atomic E-state index is -4.23. The van der Waals surface area contributed by atoms with E-state index in [0.29, 0.717) is 24.9 Å². The summed E-state index contributed by atoms with van der Waals surface area (Å²) < 4.78 is 41.7. The van der Waals surface area contributed by atoms with Crippen LogP contribution in [0.5, 0.6) is 0 Å². The Morgan fingerprint density at radius 3 is 2.52 bits per heavy atom. The highest BCUT2D eigenvalue weighted by Crippen LogP contribution is 2.28. The van der Waals surface area contributed by atoms with E-state index in [9.17, 15) is 13.2 Å². The maximum atomic E-state index is 12.2. The first-order chi connectivity index (χ1) is 9.98. The smallest absolute Gasteiger partial charge is 0.369 e. The third-order valence-electron chi connectivity index (χ3n) is 4.77. The molecule has 4 atom stereocenters. The minimum Gasteiger partial charge on any atom is -0.369 e. The first kappa shape index (κ1) is 17.0. The molecule has 21 heavy (non-hydrogen) atoms. The highest BCUT2D eigenvalue weighted by Gasteiger charge is 2.32. The summed E-state index contributed by atoms with van der Waals surface area (Å²) in [6.45, 7) is -0.433. The van der Waals surface area contributed by atoms with Crippen molar-refractivity contribution >= 4 is 0 Å². The van der Waals surface area contributed by atoms with Crippen LogP contribution in [-0.4, -0.2) is 37.5 Å². The van der Waals surface area contributed by atoms with Crippen LogP contribution in [0.25, 0.3) is 0 Å². The standard InChI is InChI=1S/C15H27F3N2O/c16-15(17,18)10-21-13-6-3-5-12(8-13)20-14-7-2-1-4-11(14)9-19/h11-14,20H,1-10,19H2. The minimum absolute atomic E-state index is 0.266. The van der Waals surface area contributed by atoms with Gasteiger partial charge in [-0.05, 0) is 51.0 Å². The molecule has 2 fully saturated rings. The van der Waals surface area contributed by atoms with E-state index in [0.717, 1.165) is 32.1 Å². The van der Waals surface area contributed by atoms with Crippen LogP contribution < -0.4 is 11.1 Å². The fourth-order valence-electron chi connectivity index (χ4n) is 3.67. The summed E-state index contributed by atoms with van der Waals surface area (Å²) in [4.78, 5) is 0. The molecule has 124 valence electrons. The van der Waals surface area contributed by atoms with E-state index >= 15 is 0 Å². The molecule has 0 bridgehead atoms. The molecule has 0 aromatic rings. The van der Waals surface area contributed by atoms with Crippen molar-refractivity contribution in [2.45, 2.75) is 75.7 Å². The van der Waals surface area contributed by atoms with Gasteiger partial charge in [-0.2, -0.15) is 13.2 Å². The average molecular weight is 308 g/mol. The predicted molar refractivity (Wildman–Crippen MR) is 76.0 cm³/mol. The molecule has 0 saturated heterocycles. The van der Waals surface area contributed by atoms with Crippen molar-refractivity contribution in [3.05, 3.63) is 0 Å². The van der Waals surface area contributed by atoms with Crippen molar-refractivity contribution in [1.82, 2.24) is 5.32 Å². The molecule has 3 nitrogen and oxygen atoms in total. The molecular formula is C15H27F3N2O. The van der Waals surface area contributed by atoms with Crippen LogP contribution in [0.2, 0.25) is 0 Å². The van der Waals surface area contributed by atoms with Gasteiger partial charge >= 0.3 is 6.18 Å². The lowest BCUT2D eigenvalue weighted by Crippen LogP contribution is -2.49. The van der Waals surface area contributed by atoms with Gasteiger partial charge in [0.15, 0.2) is 0 Å². The van der Waals surface area contributed by atoms with E-state index in [1.165, 1.54) is 12.8 Å². The lowest BCUT2D eigenvalue weighted by atomic mass is 9.83. The van der Waals surface area contributed by atoms with Crippen LogP contribution in [0.15, 0.2) is 0 Å². The maximum Gasteiger partial charge on any atom is 0.411 e. The quantitative estimate of drug-likeness (QED) is 0.821. The number of halogens is 3. The van der Waals surface area contributed by atoms with Crippen LogP contribution in [-0.2, 0) is 4.74 Å². The second kappa shape index (κ2) is 7.79. The summed E-state index contributed by atoms with van der Waals surface area (Å²) >= 11 is 0. The van der Waals surface area contributed by atoms with Crippen molar-refractivity contribution in [3.63, 3.8) is 0 Å². The molecule has 2 aliphatic carbocycles. The SMILES string of the molecule is NCC1CCCCC1NC1CCCC(OCC(F)(F)F)C1. The summed E-state index contributed by atoms with van der Waals surface area (Å²) in [5.41, 5.74) is 5.83. The van der Waals surface area contributed by atoms with Crippen LogP contribution in [0.4, 0.5) is 13.2 Å². The van der Waals surface area contributed by atoms with E-state index in [4.69, 9.17) is 10.5 Å². The van der Waals surface area contributed by atoms with Gasteiger partial charge in [0.05, 0.1) is 6.10 Å². The second-order valence-corrected chi connectivity index (χ2v) is 6.47. The molecule has 0 aliphatic heterocycles. The van der Waals surface area contributed by atoms with E-state index in [1.807, 2.05) is 0 Å². The van der Waals surface area contributed by atoms with Crippen LogP contribution >= 0.6 is 0 Å². The molecule has 0 amide bonds. The lowest BCUT2D eigenvalue weighted by molar-refractivity contribution is -0.188. The van der Waals surface area contributed by atoms with E-state index < -0.39 is 12.8 Å². The van der Waals surface area contributed by atoms with Crippen LogP contribution in [0, 0.1) is 5.92 Å². The first-order valence-electron chi connectivity index (χ1n) is 8.12. The number of ether oxygens (including phenoxy) is 1. The number of alkyl halides is 3. The third-order valence-corrected chi connectivity index (χ3v) is 4.77. The molecule has 0 heterocycles. The van der Waals surface area contributed by atoms with E-state index in [2.05, 4.69) is 5.32 Å². The Kier molecular flexibility index (Phi) is 6.32. The normalized spacial score (nSPS) is 34.9. The summed E-state index contributed by atoms with van der Waals surface area (Å²) in [5.74, 6) is 0.509. The number of rotatable bonds is 5. The Balaban J connectivity index is 1.77. The molecule has 0 aromatic heterocycles. The van der Waals surface area contributed by atoms with Crippen molar-refractivity contribution in [1.29, 1.82) is 0 Å². The number of hydrogen-bond acceptors (Lipinski definition) is 3. The monoisotopic (exact) mass is 308 g/mol. The Hall–Kier alpha value is -0.330. The van der Waals surface area contributed by atoms with Gasteiger partial charge in [0.1, 0.15) is 6.61 Å². The van der Waals surface area contributed by atoms with Gasteiger partial charge in [-0.15, -0.1) is 0 Å². The summed E-state index contributed by atoms with van der Waals surface area (Å²) in [6, 6.07) is 0.698. The number of hydrogen-bond donors (Lipinski definition) is 2. The fraction of sp³-hybridized carbons (Fsp3) is 1.00. The molecule has 0 spiro atoms. The highest BCUT2D eigenvalue weighted by molar-refractivity contribution is 4.87. The van der Waals surface area contributed by atoms with Crippen molar-refractivity contribution in [3.8, 4) is 0 Å². The van der Waals surface area contributed by atoms with Crippen molar-refractivity contribution < 1.29 is 17.9 Å². The van der Waals surface area contributed by atoms with Gasteiger partial charge in [-0.1, -0.05) is 12.8 Å². The largest absolute Gasteiger partial charge is 0.411 e. The molecule has 6 heteroatoms. The van der Waals surface area contributed by atoms with Crippen molar-refractivity contribution in [2.75, 3.05) is 13.2 Å². The Bertz CT molecular complexity index is 312. The van der Waals surface area contributed by atoms with Crippen LogP contribution in [0.3, 0.4) is 0 Å². The van der Waals surface area contributed by atoms with Gasteiger partial charge in [-0.25, -0.2) is 0 Å². The number of nitrogens with two attached hydrogens (primary N) is 1. The molecule has 3 N–H and O–H groups in total. The predicted octanol–water partition coefficient (Wildman–Crippen LogP) is 2.98. The zero-order valence-corrected chi connectivity index (χ0v) is 12.5. The van der Waals surface area contributed by atoms with Gasteiger partial charge in [-0.3, -0.25) is 0 Å². The summed E-state index contributed by atoms with van der Waals surface area (Å²) in [5, 5.41) is 3.64. The van der Waals surface area contributed by atoms with Gasteiger partial charge < -0.3 is 15.8 Å². The highest BCUT2D eigenvalue weighted by atomic mass is 19.4. The summed E-state index contributed by atoms with van der Waals surface area (Å²) in [6.07, 6.45) is 3.63. The average Bonchev–Trinajstić information content (AvgIpc) is 2.45. The van der Waals surface area contributed by atoms with Gasteiger partial charge in [0.25, 0.3) is 0 Å². The van der Waals surface area contributed by atoms with Gasteiger partial charge in [0, 0.05) is 12.1 Å². The topological polar surface area (TPSA) is 47.3 Å². The molecular weight excluding hydrogens is 281 g/mol. The first-order valence-corrected chi connectivity index (χ1v) is 8.12. The van der Waals surface area contributed by atoms with Crippen molar-refractivity contribution in [2.24, 2.45) is 11.7 Å². The van der Waals surface area contributed by atoms with E-state index in [-0.39, 0.29) is 12.1 Å². The zero-order valence-electron chi connectivity index (χ0n) is 12.5. The Morgan fingerprint density at radius 2 is 1.81 bits per heavy atom. The Morgan fingerprint density at radius 1 is 1.05 bits per heavy atom. The van der Waals surface area contributed by atoms with Gasteiger partial charge in [0.2, 0.25) is 0 Å². The zero-order chi connectivity index (χ0) is 15.3. The molecule has 0 radical (unpaired) electrons. The third kappa shape index (κ3) is 5.75. The molecule has 2 rings (SSSR count). The van der Waals surface area contributed by atoms with E-state index in [1.54, 1.807) is 0 Å². The molecule has 2 saturated carbocycles. The molecule has 0 aromatic carbocycles. The maximum absolute atomic E-state index is 12.2. The lowest BCUT2D eigenvalue weighted by Gasteiger charge is -2.37. The molecule has 2 aliphatic rings. The van der Waals surface area contributed by atoms with Crippen LogP contribution in [0.1, 0.15) is 51.4 Å². The number of nitrogens with one attached hydrogen (secondary N) is 1.